The number of rotatable bonds is 5. The highest BCUT2D eigenvalue weighted by Crippen LogP contribution is 2.29. The Morgan fingerprint density at radius 3 is 2.79 bits per heavy atom. The molecule has 2 aromatic rings. The van der Waals surface area contributed by atoms with Crippen molar-refractivity contribution in [3.63, 3.8) is 0 Å². The SMILES string of the molecule is CCNCc1ccc(Br)cc1Oc1cccc(I)c1. The Kier molecular flexibility index (Phi) is 5.66. The summed E-state index contributed by atoms with van der Waals surface area (Å²) in [7, 11) is 0. The first-order valence-electron chi connectivity index (χ1n) is 6.11. The van der Waals surface area contributed by atoms with Crippen LogP contribution < -0.4 is 10.1 Å². The van der Waals surface area contributed by atoms with Crippen LogP contribution in [0, 0.1) is 3.57 Å². The van der Waals surface area contributed by atoms with Crippen LogP contribution in [0.5, 0.6) is 11.5 Å². The van der Waals surface area contributed by atoms with Gasteiger partial charge in [0.2, 0.25) is 0 Å². The van der Waals surface area contributed by atoms with Gasteiger partial charge in [-0.15, -0.1) is 0 Å². The van der Waals surface area contributed by atoms with Crippen molar-refractivity contribution >= 4 is 38.5 Å². The number of hydrogen-bond donors (Lipinski definition) is 1. The summed E-state index contributed by atoms with van der Waals surface area (Å²) in [6, 6.07) is 14.2. The predicted octanol–water partition coefficient (Wildman–Crippen LogP) is 4.96. The third kappa shape index (κ3) is 4.47. The first-order chi connectivity index (χ1) is 9.19. The summed E-state index contributed by atoms with van der Waals surface area (Å²) in [5.74, 6) is 1.75. The van der Waals surface area contributed by atoms with Gasteiger partial charge in [0.05, 0.1) is 0 Å². The van der Waals surface area contributed by atoms with Gasteiger partial charge in [-0.2, -0.15) is 0 Å². The summed E-state index contributed by atoms with van der Waals surface area (Å²) in [5, 5.41) is 3.32. The standard InChI is InChI=1S/C15H15BrINO/c1-2-18-10-11-6-7-12(16)8-15(11)19-14-5-3-4-13(17)9-14/h3-9,18H,2,10H2,1H3. The van der Waals surface area contributed by atoms with E-state index in [9.17, 15) is 0 Å². The van der Waals surface area contributed by atoms with E-state index in [2.05, 4.69) is 56.8 Å². The van der Waals surface area contributed by atoms with Crippen LogP contribution in [0.3, 0.4) is 0 Å². The van der Waals surface area contributed by atoms with Crippen LogP contribution in [-0.4, -0.2) is 6.54 Å². The maximum absolute atomic E-state index is 5.99. The average molecular weight is 432 g/mol. The molecular formula is C15H15BrINO. The van der Waals surface area contributed by atoms with Gasteiger partial charge in [-0.3, -0.25) is 0 Å². The van der Waals surface area contributed by atoms with Crippen LogP contribution in [0.1, 0.15) is 12.5 Å². The molecule has 1 N–H and O–H groups in total. The quantitative estimate of drug-likeness (QED) is 0.676. The smallest absolute Gasteiger partial charge is 0.133 e. The van der Waals surface area contributed by atoms with E-state index in [1.165, 1.54) is 3.57 Å². The maximum atomic E-state index is 5.99. The maximum Gasteiger partial charge on any atom is 0.133 e. The van der Waals surface area contributed by atoms with E-state index in [-0.39, 0.29) is 0 Å². The van der Waals surface area contributed by atoms with E-state index in [0.717, 1.165) is 34.6 Å². The monoisotopic (exact) mass is 431 g/mol. The highest BCUT2D eigenvalue weighted by molar-refractivity contribution is 14.1. The van der Waals surface area contributed by atoms with E-state index >= 15 is 0 Å². The molecular weight excluding hydrogens is 417 g/mol. The van der Waals surface area contributed by atoms with Gasteiger partial charge in [0.25, 0.3) is 0 Å². The summed E-state index contributed by atoms with van der Waals surface area (Å²) in [4.78, 5) is 0. The van der Waals surface area contributed by atoms with Crippen LogP contribution >= 0.6 is 38.5 Å². The molecule has 0 unspecified atom stereocenters. The zero-order valence-electron chi connectivity index (χ0n) is 10.6. The fourth-order valence-corrected chi connectivity index (χ4v) is 2.54. The van der Waals surface area contributed by atoms with Crippen molar-refractivity contribution in [3.8, 4) is 11.5 Å². The molecule has 0 aliphatic carbocycles. The van der Waals surface area contributed by atoms with Crippen molar-refractivity contribution < 1.29 is 4.74 Å². The van der Waals surface area contributed by atoms with Crippen molar-refractivity contribution in [2.24, 2.45) is 0 Å². The van der Waals surface area contributed by atoms with E-state index in [1.54, 1.807) is 0 Å². The number of ether oxygens (including phenoxy) is 1. The molecule has 0 spiro atoms. The fraction of sp³-hybridized carbons (Fsp3) is 0.200. The van der Waals surface area contributed by atoms with Crippen LogP contribution in [0.15, 0.2) is 46.9 Å². The van der Waals surface area contributed by atoms with Crippen molar-refractivity contribution in [1.29, 1.82) is 0 Å². The Morgan fingerprint density at radius 1 is 1.21 bits per heavy atom. The van der Waals surface area contributed by atoms with Gasteiger partial charge in [-0.05, 0) is 59.5 Å². The normalized spacial score (nSPS) is 10.5. The Balaban J connectivity index is 2.24. The third-order valence-corrected chi connectivity index (χ3v) is 3.78. The fourth-order valence-electron chi connectivity index (χ4n) is 1.69. The second-order valence-corrected chi connectivity index (χ2v) is 6.25. The van der Waals surface area contributed by atoms with E-state index < -0.39 is 0 Å². The van der Waals surface area contributed by atoms with E-state index in [4.69, 9.17) is 4.74 Å². The average Bonchev–Trinajstić information content (AvgIpc) is 2.38. The van der Waals surface area contributed by atoms with Crippen LogP contribution in [0.4, 0.5) is 0 Å². The van der Waals surface area contributed by atoms with Crippen molar-refractivity contribution in [2.75, 3.05) is 6.54 Å². The van der Waals surface area contributed by atoms with Crippen LogP contribution in [0.25, 0.3) is 0 Å². The summed E-state index contributed by atoms with van der Waals surface area (Å²) in [5.41, 5.74) is 1.16. The molecule has 0 heterocycles. The molecule has 2 aromatic carbocycles. The number of hydrogen-bond acceptors (Lipinski definition) is 2. The summed E-state index contributed by atoms with van der Waals surface area (Å²) in [6.07, 6.45) is 0. The summed E-state index contributed by atoms with van der Waals surface area (Å²) >= 11 is 5.77. The molecule has 0 aromatic heterocycles. The van der Waals surface area contributed by atoms with Crippen molar-refractivity contribution in [3.05, 3.63) is 56.1 Å². The molecule has 4 heteroatoms. The second kappa shape index (κ2) is 7.26. The lowest BCUT2D eigenvalue weighted by Crippen LogP contribution is -2.12. The molecule has 19 heavy (non-hydrogen) atoms. The Bertz CT molecular complexity index is 560. The minimum absolute atomic E-state index is 0.809. The highest BCUT2D eigenvalue weighted by Gasteiger charge is 2.06. The van der Waals surface area contributed by atoms with Gasteiger partial charge in [-0.25, -0.2) is 0 Å². The zero-order chi connectivity index (χ0) is 13.7. The van der Waals surface area contributed by atoms with E-state index in [0.29, 0.717) is 0 Å². The molecule has 0 saturated heterocycles. The lowest BCUT2D eigenvalue weighted by molar-refractivity contribution is 0.472. The Morgan fingerprint density at radius 2 is 2.05 bits per heavy atom. The molecule has 2 rings (SSSR count). The highest BCUT2D eigenvalue weighted by atomic mass is 127. The lowest BCUT2D eigenvalue weighted by atomic mass is 10.2. The van der Waals surface area contributed by atoms with Crippen molar-refractivity contribution in [1.82, 2.24) is 5.32 Å². The van der Waals surface area contributed by atoms with Crippen LogP contribution in [0.2, 0.25) is 0 Å². The van der Waals surface area contributed by atoms with Crippen LogP contribution in [-0.2, 0) is 6.54 Å². The lowest BCUT2D eigenvalue weighted by Gasteiger charge is -2.12. The van der Waals surface area contributed by atoms with Gasteiger partial charge >= 0.3 is 0 Å². The van der Waals surface area contributed by atoms with Crippen molar-refractivity contribution in [2.45, 2.75) is 13.5 Å². The molecule has 2 nitrogen and oxygen atoms in total. The van der Waals surface area contributed by atoms with Gasteiger partial charge < -0.3 is 10.1 Å². The minimum atomic E-state index is 0.809. The molecule has 0 saturated carbocycles. The minimum Gasteiger partial charge on any atom is -0.457 e. The van der Waals surface area contributed by atoms with Gasteiger partial charge in [-0.1, -0.05) is 35.0 Å². The first kappa shape index (κ1) is 14.8. The van der Waals surface area contributed by atoms with Gasteiger partial charge in [0.1, 0.15) is 11.5 Å². The topological polar surface area (TPSA) is 21.3 Å². The predicted molar refractivity (Wildman–Crippen MR) is 90.8 cm³/mol. The molecule has 0 aliphatic rings. The summed E-state index contributed by atoms with van der Waals surface area (Å²) in [6.45, 7) is 3.85. The number of nitrogens with one attached hydrogen (secondary N) is 1. The molecule has 0 aliphatic heterocycles. The van der Waals surface area contributed by atoms with Gasteiger partial charge in [0.15, 0.2) is 0 Å². The summed E-state index contributed by atoms with van der Waals surface area (Å²) < 4.78 is 8.18. The second-order valence-electron chi connectivity index (χ2n) is 4.09. The largest absolute Gasteiger partial charge is 0.457 e. The number of benzene rings is 2. The van der Waals surface area contributed by atoms with E-state index in [1.807, 2.05) is 36.4 Å². The third-order valence-electron chi connectivity index (χ3n) is 2.62. The molecule has 0 bridgehead atoms. The Labute approximate surface area is 135 Å². The molecule has 0 amide bonds. The molecule has 0 fully saturated rings. The first-order valence-corrected chi connectivity index (χ1v) is 7.99. The zero-order valence-corrected chi connectivity index (χ0v) is 14.4. The molecule has 100 valence electrons. The Hall–Kier alpha value is -0.590. The van der Waals surface area contributed by atoms with Gasteiger partial charge in [0, 0.05) is 20.2 Å². The molecule has 0 atom stereocenters. The number of halogens is 2. The molecule has 0 radical (unpaired) electrons.